The molecule has 4 heteroatoms. The van der Waals surface area contributed by atoms with Gasteiger partial charge >= 0.3 is 0 Å². The van der Waals surface area contributed by atoms with Crippen LogP contribution in [0.15, 0.2) is 255 Å². The van der Waals surface area contributed by atoms with E-state index in [0.29, 0.717) is 0 Å². The van der Waals surface area contributed by atoms with Crippen molar-refractivity contribution in [1.82, 2.24) is 13.7 Å². The molecule has 3 aliphatic rings. The molecule has 0 fully saturated rings. The first-order valence-electron chi connectivity index (χ1n) is 27.7. The highest BCUT2D eigenvalue weighted by atomic mass is 15.1. The topological polar surface area (TPSA) is 18.0 Å². The van der Waals surface area contributed by atoms with Gasteiger partial charge in [-0.1, -0.05) is 164 Å². The SMILES string of the molecule is c1ccc2c(c1)Cc1ccc3c4ccccc4n(-c4ccc(N(c5ccc(-n6c7ccccc7c7ccc8c(c76)-c6ccccc6C8)cc5)c5ccc(-n6c7ccccc7c7ccc8c(c76)-c6ccccc6C8)cc5)cc4)c3c1-2. The fraction of sp³-hybridized carbons (Fsp3) is 0.0400. The molecule has 3 heterocycles. The standard InChI is InChI=1S/C75H48N4/c1-4-16-58-46(13-1)43-49-25-40-64-61-19-7-10-22-67(61)77(73(64)70(49)58)55-34-28-52(29-35-55)76(53-30-36-56(37-31-53)78-68-23-11-8-20-62(68)65-41-26-50-44-47-14-2-5-17-59(47)71(50)74(65)78)54-32-38-57(39-33-54)79-69-24-12-9-21-63(69)66-42-27-51-45-48-15-3-6-18-60(48)72(51)75(66)79/h1-42H,43-45H2. The quantitative estimate of drug-likeness (QED) is 0.162. The number of hydrogen-bond donors (Lipinski definition) is 0. The summed E-state index contributed by atoms with van der Waals surface area (Å²) < 4.78 is 7.52. The lowest BCUT2D eigenvalue weighted by atomic mass is 10.0. The van der Waals surface area contributed by atoms with Gasteiger partial charge in [-0.3, -0.25) is 0 Å². The summed E-state index contributed by atoms with van der Waals surface area (Å²) in [5.41, 5.74) is 30.5. The average Bonchev–Trinajstić information content (AvgIpc) is 4.48. The van der Waals surface area contributed by atoms with Gasteiger partial charge in [0.2, 0.25) is 0 Å². The second kappa shape index (κ2) is 16.2. The van der Waals surface area contributed by atoms with Gasteiger partial charge < -0.3 is 18.6 Å². The summed E-state index contributed by atoms with van der Waals surface area (Å²) in [4.78, 5) is 2.43. The van der Waals surface area contributed by atoms with Crippen LogP contribution < -0.4 is 4.90 Å². The Hall–Kier alpha value is -10.2. The maximum absolute atomic E-state index is 2.51. The zero-order valence-electron chi connectivity index (χ0n) is 43.2. The zero-order chi connectivity index (χ0) is 51.4. The minimum atomic E-state index is 0.953. The molecule has 3 aliphatic carbocycles. The van der Waals surface area contributed by atoms with Crippen molar-refractivity contribution in [2.45, 2.75) is 19.3 Å². The van der Waals surface area contributed by atoms with E-state index < -0.39 is 0 Å². The number of benzene rings is 12. The van der Waals surface area contributed by atoms with Gasteiger partial charge in [0.1, 0.15) is 0 Å². The normalized spacial score (nSPS) is 12.9. The van der Waals surface area contributed by atoms with Crippen LogP contribution in [0.5, 0.6) is 0 Å². The van der Waals surface area contributed by atoms with E-state index in [4.69, 9.17) is 0 Å². The molecule has 0 spiro atoms. The first-order chi connectivity index (χ1) is 39.2. The van der Waals surface area contributed by atoms with Crippen LogP contribution in [0.1, 0.15) is 33.4 Å². The fourth-order valence-electron chi connectivity index (χ4n) is 14.5. The van der Waals surface area contributed by atoms with E-state index in [-0.39, 0.29) is 0 Å². The highest BCUT2D eigenvalue weighted by Crippen LogP contribution is 2.50. The van der Waals surface area contributed by atoms with Gasteiger partial charge in [-0.05, 0) is 160 Å². The number of para-hydroxylation sites is 3. The minimum absolute atomic E-state index is 0.953. The molecule has 0 unspecified atom stereocenters. The van der Waals surface area contributed by atoms with Crippen LogP contribution in [-0.2, 0) is 19.3 Å². The Morgan fingerprint density at radius 1 is 0.228 bits per heavy atom. The Bertz CT molecular complexity index is 4570. The third-order valence-electron chi connectivity index (χ3n) is 17.9. The molecule has 4 nitrogen and oxygen atoms in total. The maximum Gasteiger partial charge on any atom is 0.0622 e. The number of nitrogens with zero attached hydrogens (tertiary/aromatic N) is 4. The number of hydrogen-bond acceptors (Lipinski definition) is 1. The summed E-state index contributed by atoms with van der Waals surface area (Å²) in [5.74, 6) is 0. The first-order valence-corrected chi connectivity index (χ1v) is 27.7. The molecule has 0 bridgehead atoms. The molecular formula is C75H48N4. The van der Waals surface area contributed by atoms with Crippen molar-refractivity contribution < 1.29 is 0 Å². The van der Waals surface area contributed by atoms with E-state index in [9.17, 15) is 0 Å². The molecule has 0 N–H and O–H groups in total. The molecule has 368 valence electrons. The molecule has 0 radical (unpaired) electrons. The predicted octanol–water partition coefficient (Wildman–Crippen LogP) is 19.2. The van der Waals surface area contributed by atoms with Gasteiger partial charge in [0, 0.05) is 83.1 Å². The van der Waals surface area contributed by atoms with Gasteiger partial charge in [0.15, 0.2) is 0 Å². The largest absolute Gasteiger partial charge is 0.310 e. The average molecular weight is 1010 g/mol. The smallest absolute Gasteiger partial charge is 0.0622 e. The van der Waals surface area contributed by atoms with E-state index in [0.717, 1.165) is 53.4 Å². The lowest BCUT2D eigenvalue weighted by Gasteiger charge is -2.26. The second-order valence-electron chi connectivity index (χ2n) is 21.9. The fourth-order valence-corrected chi connectivity index (χ4v) is 14.5. The van der Waals surface area contributed by atoms with Crippen LogP contribution in [0, 0.1) is 0 Å². The summed E-state index contributed by atoms with van der Waals surface area (Å²) in [5, 5.41) is 7.66. The molecule has 79 heavy (non-hydrogen) atoms. The molecule has 12 aromatic carbocycles. The van der Waals surface area contributed by atoms with Crippen LogP contribution in [0.25, 0.3) is 116 Å². The number of fused-ring (bicyclic) bond motifs is 21. The Balaban J connectivity index is 0.814. The maximum atomic E-state index is 2.51. The molecule has 18 rings (SSSR count). The van der Waals surface area contributed by atoms with Crippen LogP contribution in [0.4, 0.5) is 17.1 Å². The third-order valence-corrected chi connectivity index (χ3v) is 17.9. The van der Waals surface area contributed by atoms with Crippen LogP contribution >= 0.6 is 0 Å². The summed E-state index contributed by atoms with van der Waals surface area (Å²) in [6.45, 7) is 0. The van der Waals surface area contributed by atoms with Gasteiger partial charge in [0.25, 0.3) is 0 Å². The van der Waals surface area contributed by atoms with Crippen molar-refractivity contribution in [2.24, 2.45) is 0 Å². The monoisotopic (exact) mass is 1000 g/mol. The molecule has 3 aromatic heterocycles. The van der Waals surface area contributed by atoms with Gasteiger partial charge in [-0.25, -0.2) is 0 Å². The van der Waals surface area contributed by atoms with E-state index in [1.807, 2.05) is 0 Å². The molecule has 0 amide bonds. The van der Waals surface area contributed by atoms with Crippen molar-refractivity contribution in [3.63, 3.8) is 0 Å². The van der Waals surface area contributed by atoms with Crippen LogP contribution in [0.3, 0.4) is 0 Å². The Morgan fingerprint density at radius 2 is 0.506 bits per heavy atom. The number of anilines is 3. The molecule has 0 aliphatic heterocycles. The second-order valence-corrected chi connectivity index (χ2v) is 21.9. The molecule has 0 atom stereocenters. The van der Waals surface area contributed by atoms with Crippen molar-refractivity contribution in [1.29, 1.82) is 0 Å². The third kappa shape index (κ3) is 6.03. The lowest BCUT2D eigenvalue weighted by molar-refractivity contribution is 1.16. The van der Waals surface area contributed by atoms with Crippen LogP contribution in [-0.4, -0.2) is 13.7 Å². The highest BCUT2D eigenvalue weighted by molar-refractivity contribution is 6.18. The summed E-state index contributed by atoms with van der Waals surface area (Å²) >= 11 is 0. The minimum Gasteiger partial charge on any atom is -0.310 e. The highest BCUT2D eigenvalue weighted by Gasteiger charge is 2.29. The Labute approximate surface area is 456 Å². The molecule has 15 aromatic rings. The van der Waals surface area contributed by atoms with Crippen LogP contribution in [0.2, 0.25) is 0 Å². The van der Waals surface area contributed by atoms with Gasteiger partial charge in [0.05, 0.1) is 33.1 Å². The van der Waals surface area contributed by atoms with E-state index in [1.54, 1.807) is 0 Å². The first kappa shape index (κ1) is 43.0. The van der Waals surface area contributed by atoms with E-state index >= 15 is 0 Å². The summed E-state index contributed by atoms with van der Waals surface area (Å²) in [6, 6.07) is 95.5. The van der Waals surface area contributed by atoms with Crippen molar-refractivity contribution in [2.75, 3.05) is 4.90 Å². The van der Waals surface area contributed by atoms with E-state index in [2.05, 4.69) is 273 Å². The van der Waals surface area contributed by atoms with Gasteiger partial charge in [-0.2, -0.15) is 0 Å². The summed E-state index contributed by atoms with van der Waals surface area (Å²) in [6.07, 6.45) is 2.86. The van der Waals surface area contributed by atoms with Crippen molar-refractivity contribution in [3.05, 3.63) is 288 Å². The molecule has 0 saturated heterocycles. The summed E-state index contributed by atoms with van der Waals surface area (Å²) in [7, 11) is 0. The lowest BCUT2D eigenvalue weighted by Crippen LogP contribution is -2.10. The van der Waals surface area contributed by atoms with Crippen molar-refractivity contribution >= 4 is 82.5 Å². The predicted molar refractivity (Wildman–Crippen MR) is 329 cm³/mol. The van der Waals surface area contributed by atoms with Gasteiger partial charge in [-0.15, -0.1) is 0 Å². The molecule has 0 saturated carbocycles. The van der Waals surface area contributed by atoms with Crippen molar-refractivity contribution in [3.8, 4) is 50.4 Å². The van der Waals surface area contributed by atoms with E-state index in [1.165, 1.54) is 132 Å². The number of aromatic nitrogens is 3. The zero-order valence-corrected chi connectivity index (χ0v) is 43.2. The Kier molecular flexibility index (Phi) is 8.81. The molecular weight excluding hydrogens is 957 g/mol. The number of rotatable bonds is 6. The Morgan fingerprint density at radius 3 is 0.823 bits per heavy atom.